The van der Waals surface area contributed by atoms with Gasteiger partial charge in [0.25, 0.3) is 0 Å². The van der Waals surface area contributed by atoms with E-state index in [-0.39, 0.29) is 12.6 Å². The molecule has 216 valence electrons. The van der Waals surface area contributed by atoms with Crippen molar-refractivity contribution in [2.45, 2.75) is 19.9 Å². The first-order valence-corrected chi connectivity index (χ1v) is 14.5. The number of pyridine rings is 1. The molecule has 0 N–H and O–H groups in total. The monoisotopic (exact) mass is 603 g/mol. The van der Waals surface area contributed by atoms with Crippen LogP contribution in [-0.2, 0) is 13.0 Å². The maximum absolute atomic E-state index is 14.1. The Morgan fingerprint density at radius 2 is 1.76 bits per heavy atom. The lowest BCUT2D eigenvalue weighted by atomic mass is 10.1. The third kappa shape index (κ3) is 5.47. The number of hydrogen-bond donors (Lipinski definition) is 0. The zero-order chi connectivity index (χ0) is 29.4. The first-order chi connectivity index (χ1) is 20.3. The van der Waals surface area contributed by atoms with Gasteiger partial charge >= 0.3 is 6.03 Å². The second kappa shape index (κ2) is 11.8. The minimum absolute atomic E-state index is 0.270. The molecular formula is C31H31Cl2N7O2. The van der Waals surface area contributed by atoms with Gasteiger partial charge in [-0.05, 0) is 55.4 Å². The van der Waals surface area contributed by atoms with E-state index in [9.17, 15) is 4.79 Å². The Bertz CT molecular complexity index is 1600. The molecule has 2 aliphatic rings. The lowest BCUT2D eigenvalue weighted by Gasteiger charge is -2.36. The second-order valence-corrected chi connectivity index (χ2v) is 11.4. The highest BCUT2D eigenvalue weighted by molar-refractivity contribution is 6.34. The molecule has 11 heteroatoms. The first kappa shape index (κ1) is 28.2. The first-order valence-electron chi connectivity index (χ1n) is 13.8. The van der Waals surface area contributed by atoms with Crippen LogP contribution in [0.15, 0.2) is 60.9 Å². The van der Waals surface area contributed by atoms with Crippen LogP contribution in [-0.4, -0.2) is 66.2 Å². The Kier molecular flexibility index (Phi) is 7.90. The zero-order valence-electron chi connectivity index (χ0n) is 23.7. The van der Waals surface area contributed by atoms with Crippen LogP contribution in [0.3, 0.4) is 0 Å². The van der Waals surface area contributed by atoms with Gasteiger partial charge in [0, 0.05) is 55.1 Å². The van der Waals surface area contributed by atoms with E-state index in [1.54, 1.807) is 42.6 Å². The van der Waals surface area contributed by atoms with Gasteiger partial charge in [-0.2, -0.15) is 0 Å². The molecule has 0 unspecified atom stereocenters. The van der Waals surface area contributed by atoms with Crippen LogP contribution in [0.2, 0.25) is 10.0 Å². The number of halogens is 2. The second-order valence-electron chi connectivity index (χ2n) is 10.5. The molecule has 0 radical (unpaired) electrons. The topological polar surface area (TPSA) is 77.9 Å². The van der Waals surface area contributed by atoms with E-state index in [2.05, 4.69) is 32.9 Å². The molecule has 2 aliphatic heterocycles. The van der Waals surface area contributed by atoms with Gasteiger partial charge in [0.2, 0.25) is 0 Å². The largest absolute Gasteiger partial charge is 0.495 e. The summed E-state index contributed by atoms with van der Waals surface area (Å²) in [6, 6.07) is 14.9. The van der Waals surface area contributed by atoms with Gasteiger partial charge in [0.05, 0.1) is 30.6 Å². The Morgan fingerprint density at radius 3 is 2.45 bits per heavy atom. The van der Waals surface area contributed by atoms with Crippen LogP contribution < -0.4 is 19.4 Å². The maximum atomic E-state index is 14.1. The van der Waals surface area contributed by atoms with E-state index in [1.165, 1.54) is 4.90 Å². The fourth-order valence-corrected chi connectivity index (χ4v) is 5.92. The molecule has 4 aromatic rings. The summed E-state index contributed by atoms with van der Waals surface area (Å²) in [6.07, 6.45) is 3.76. The number of carbonyl (C=O) groups is 1. The summed E-state index contributed by atoms with van der Waals surface area (Å²) < 4.78 is 5.29. The quantitative estimate of drug-likeness (QED) is 0.263. The predicted octanol–water partition coefficient (Wildman–Crippen LogP) is 6.12. The molecule has 0 bridgehead atoms. The van der Waals surface area contributed by atoms with E-state index >= 15 is 0 Å². The number of rotatable bonds is 6. The van der Waals surface area contributed by atoms with Crippen LogP contribution in [0.1, 0.15) is 22.5 Å². The number of ether oxygens (including phenoxy) is 1. The summed E-state index contributed by atoms with van der Waals surface area (Å²) in [5.74, 6) is 2.03. The van der Waals surface area contributed by atoms with Crippen molar-refractivity contribution in [3.05, 3.63) is 93.5 Å². The summed E-state index contributed by atoms with van der Waals surface area (Å²) >= 11 is 13.4. The maximum Gasteiger partial charge on any atom is 0.336 e. The van der Waals surface area contributed by atoms with E-state index in [0.717, 1.165) is 48.6 Å². The van der Waals surface area contributed by atoms with Crippen molar-refractivity contribution in [3.8, 4) is 5.75 Å². The summed E-state index contributed by atoms with van der Waals surface area (Å²) in [5.41, 5.74) is 4.32. The van der Waals surface area contributed by atoms with Gasteiger partial charge < -0.3 is 14.5 Å². The number of nitrogens with zero attached hydrogens (tertiary/aromatic N) is 7. The molecule has 2 amide bonds. The molecule has 0 atom stereocenters. The van der Waals surface area contributed by atoms with Gasteiger partial charge in [-0.25, -0.2) is 24.6 Å². The molecule has 2 aromatic carbocycles. The third-order valence-corrected chi connectivity index (χ3v) is 8.41. The van der Waals surface area contributed by atoms with Crippen LogP contribution >= 0.6 is 23.2 Å². The average Bonchev–Trinajstić information content (AvgIpc) is 2.99. The molecule has 0 aliphatic carbocycles. The number of para-hydroxylation sites is 1. The number of anilines is 4. The van der Waals surface area contributed by atoms with E-state index in [1.807, 2.05) is 31.2 Å². The van der Waals surface area contributed by atoms with E-state index in [4.69, 9.17) is 32.9 Å². The van der Waals surface area contributed by atoms with Crippen molar-refractivity contribution in [1.82, 2.24) is 19.9 Å². The zero-order valence-corrected chi connectivity index (χ0v) is 25.2. The van der Waals surface area contributed by atoms with Crippen LogP contribution in [0.25, 0.3) is 0 Å². The number of hydrogen-bond acceptors (Lipinski definition) is 7. The number of urea groups is 1. The Hall–Kier alpha value is -3.92. The summed E-state index contributed by atoms with van der Waals surface area (Å²) in [6.45, 7) is 6.18. The minimum Gasteiger partial charge on any atom is -0.495 e. The van der Waals surface area contributed by atoms with Crippen molar-refractivity contribution < 1.29 is 9.53 Å². The minimum atomic E-state index is -0.310. The molecule has 6 rings (SSSR count). The summed E-state index contributed by atoms with van der Waals surface area (Å²) in [5, 5.41) is 1.15. The van der Waals surface area contributed by atoms with Gasteiger partial charge in [-0.3, -0.25) is 4.90 Å². The molecule has 4 heterocycles. The van der Waals surface area contributed by atoms with Crippen LogP contribution in [0.4, 0.5) is 27.8 Å². The van der Waals surface area contributed by atoms with Crippen LogP contribution in [0, 0.1) is 6.92 Å². The molecule has 1 saturated heterocycles. The standard InChI is InChI=1S/C31H31Cl2N7O2/c1-20-5-4-6-25(32)29(20)39-19-22-17-34-27(36-30(22)40(31(39)41)28-10-9-24(42-3)18-35-28)15-21-7-8-23(16-26(21)33)38-13-11-37(2)12-14-38/h4-10,16-18H,11-15,19H2,1-3H3. The Morgan fingerprint density at radius 1 is 0.952 bits per heavy atom. The molecule has 9 nitrogen and oxygen atoms in total. The fourth-order valence-electron chi connectivity index (χ4n) is 5.36. The van der Waals surface area contributed by atoms with Crippen LogP contribution in [0.5, 0.6) is 5.75 Å². The molecule has 42 heavy (non-hydrogen) atoms. The highest BCUT2D eigenvalue weighted by Gasteiger charge is 2.36. The number of methoxy groups -OCH3 is 1. The number of aryl methyl sites for hydroxylation is 1. The Balaban J connectivity index is 1.34. The normalized spacial score (nSPS) is 15.6. The van der Waals surface area contributed by atoms with Crippen molar-refractivity contribution in [2.24, 2.45) is 0 Å². The molecule has 1 fully saturated rings. The van der Waals surface area contributed by atoms with Gasteiger partial charge in [-0.1, -0.05) is 41.4 Å². The SMILES string of the molecule is COc1ccc(N2C(=O)N(c3c(C)cccc3Cl)Cc3cnc(Cc4ccc(N5CCN(C)CC5)cc4Cl)nc32)nc1. The number of benzene rings is 2. The lowest BCUT2D eigenvalue weighted by molar-refractivity contribution is 0.252. The average molecular weight is 605 g/mol. The molecular weight excluding hydrogens is 573 g/mol. The number of piperazine rings is 1. The van der Waals surface area contributed by atoms with Crippen molar-refractivity contribution >= 4 is 52.2 Å². The van der Waals surface area contributed by atoms with Crippen molar-refractivity contribution in [2.75, 3.05) is 55.0 Å². The smallest absolute Gasteiger partial charge is 0.336 e. The number of likely N-dealkylation sites (N-methyl/N-ethyl adjacent to an activating group) is 1. The van der Waals surface area contributed by atoms with Crippen molar-refractivity contribution in [1.29, 1.82) is 0 Å². The fraction of sp³-hybridized carbons (Fsp3) is 0.290. The molecule has 0 spiro atoms. The third-order valence-electron chi connectivity index (χ3n) is 7.75. The lowest BCUT2D eigenvalue weighted by Crippen LogP contribution is -2.46. The number of fused-ring (bicyclic) bond motifs is 1. The van der Waals surface area contributed by atoms with Gasteiger partial charge in [-0.15, -0.1) is 0 Å². The number of amides is 2. The molecule has 2 aromatic heterocycles. The highest BCUT2D eigenvalue weighted by Crippen LogP contribution is 2.39. The van der Waals surface area contributed by atoms with Crippen molar-refractivity contribution in [3.63, 3.8) is 0 Å². The number of aromatic nitrogens is 3. The number of carbonyl (C=O) groups excluding carboxylic acids is 1. The molecule has 0 saturated carbocycles. The van der Waals surface area contributed by atoms with Gasteiger partial charge in [0.15, 0.2) is 5.82 Å². The summed E-state index contributed by atoms with van der Waals surface area (Å²) in [7, 11) is 3.71. The Labute approximate surface area is 255 Å². The predicted molar refractivity (Wildman–Crippen MR) is 167 cm³/mol. The highest BCUT2D eigenvalue weighted by atomic mass is 35.5. The van der Waals surface area contributed by atoms with E-state index in [0.29, 0.717) is 45.4 Å². The summed E-state index contributed by atoms with van der Waals surface area (Å²) in [4.78, 5) is 36.0. The van der Waals surface area contributed by atoms with E-state index < -0.39 is 0 Å². The van der Waals surface area contributed by atoms with Gasteiger partial charge in [0.1, 0.15) is 17.4 Å².